The number of hydrogen-bond donors (Lipinski definition) is 1. The zero-order valence-corrected chi connectivity index (χ0v) is 18.3. The van der Waals surface area contributed by atoms with Crippen molar-refractivity contribution in [1.29, 1.82) is 0 Å². The molecule has 1 fully saturated rings. The van der Waals surface area contributed by atoms with E-state index in [0.717, 1.165) is 16.7 Å². The van der Waals surface area contributed by atoms with Crippen LogP contribution in [-0.2, 0) is 16.1 Å². The zero-order chi connectivity index (χ0) is 23.4. The molecular formula is C27H24N2O4. The molecule has 0 saturated carbocycles. The highest BCUT2D eigenvalue weighted by atomic mass is 16.5. The van der Waals surface area contributed by atoms with Crippen LogP contribution in [0.3, 0.4) is 0 Å². The standard InChI is InChI=1S/C27H24N2O4/c1-3-16-33-22-10-8-21(9-11-22)25(30)23-24(20-6-4-18(2)5-7-20)29(27(32)26(23)31)17-19-12-14-28-15-13-19/h3-15,24,30H,1,16-17H2,2H3/b25-23-. The first-order valence-electron chi connectivity index (χ1n) is 10.6. The Kier molecular flexibility index (Phi) is 6.36. The summed E-state index contributed by atoms with van der Waals surface area (Å²) in [6, 6.07) is 17.2. The molecule has 6 heteroatoms. The van der Waals surface area contributed by atoms with Gasteiger partial charge in [0.2, 0.25) is 0 Å². The van der Waals surface area contributed by atoms with E-state index >= 15 is 0 Å². The van der Waals surface area contributed by atoms with Gasteiger partial charge in [0, 0.05) is 24.5 Å². The van der Waals surface area contributed by atoms with Gasteiger partial charge in [0.05, 0.1) is 11.6 Å². The number of aliphatic hydroxyl groups is 1. The minimum atomic E-state index is -0.713. The van der Waals surface area contributed by atoms with Crippen molar-refractivity contribution in [2.75, 3.05) is 6.61 Å². The Morgan fingerprint density at radius 3 is 2.36 bits per heavy atom. The van der Waals surface area contributed by atoms with Crippen molar-refractivity contribution in [3.8, 4) is 5.75 Å². The largest absolute Gasteiger partial charge is 0.507 e. The lowest BCUT2D eigenvalue weighted by Gasteiger charge is -2.25. The Hall–Kier alpha value is -4.19. The van der Waals surface area contributed by atoms with Crippen molar-refractivity contribution in [1.82, 2.24) is 9.88 Å². The second-order valence-electron chi connectivity index (χ2n) is 7.82. The second kappa shape index (κ2) is 9.53. The van der Waals surface area contributed by atoms with Crippen LogP contribution in [-0.4, -0.2) is 33.3 Å². The lowest BCUT2D eigenvalue weighted by molar-refractivity contribution is -0.140. The van der Waals surface area contributed by atoms with E-state index < -0.39 is 17.7 Å². The topological polar surface area (TPSA) is 79.7 Å². The monoisotopic (exact) mass is 440 g/mol. The van der Waals surface area contributed by atoms with E-state index in [1.807, 2.05) is 31.2 Å². The van der Waals surface area contributed by atoms with E-state index in [9.17, 15) is 14.7 Å². The van der Waals surface area contributed by atoms with Crippen LogP contribution in [0.1, 0.15) is 28.3 Å². The van der Waals surface area contributed by atoms with Crippen LogP contribution in [0.4, 0.5) is 0 Å². The number of ether oxygens (including phenoxy) is 1. The van der Waals surface area contributed by atoms with E-state index in [0.29, 0.717) is 17.9 Å². The molecule has 1 amide bonds. The highest BCUT2D eigenvalue weighted by molar-refractivity contribution is 6.46. The summed E-state index contributed by atoms with van der Waals surface area (Å²) in [6.45, 7) is 6.16. The average molecular weight is 440 g/mol. The minimum Gasteiger partial charge on any atom is -0.507 e. The predicted octanol–water partition coefficient (Wildman–Crippen LogP) is 4.58. The lowest BCUT2D eigenvalue weighted by Crippen LogP contribution is -2.29. The summed E-state index contributed by atoms with van der Waals surface area (Å²) >= 11 is 0. The van der Waals surface area contributed by atoms with Crippen LogP contribution in [0.25, 0.3) is 5.76 Å². The fraction of sp³-hybridized carbons (Fsp3) is 0.148. The quantitative estimate of drug-likeness (QED) is 0.252. The third-order valence-corrected chi connectivity index (χ3v) is 5.53. The number of likely N-dealkylation sites (tertiary alicyclic amines) is 1. The van der Waals surface area contributed by atoms with Crippen molar-refractivity contribution >= 4 is 17.4 Å². The van der Waals surface area contributed by atoms with E-state index in [-0.39, 0.29) is 17.9 Å². The summed E-state index contributed by atoms with van der Waals surface area (Å²) in [5.41, 5.74) is 3.15. The van der Waals surface area contributed by atoms with Crippen molar-refractivity contribution < 1.29 is 19.4 Å². The maximum absolute atomic E-state index is 13.1. The summed E-state index contributed by atoms with van der Waals surface area (Å²) in [5.74, 6) is -0.963. The third-order valence-electron chi connectivity index (χ3n) is 5.53. The van der Waals surface area contributed by atoms with E-state index in [1.165, 1.54) is 4.90 Å². The van der Waals surface area contributed by atoms with Crippen molar-refractivity contribution in [3.05, 3.63) is 114 Å². The molecule has 1 unspecified atom stereocenters. The minimum absolute atomic E-state index is 0.0673. The maximum Gasteiger partial charge on any atom is 0.295 e. The fourth-order valence-corrected chi connectivity index (χ4v) is 3.84. The second-order valence-corrected chi connectivity index (χ2v) is 7.82. The van der Waals surface area contributed by atoms with E-state index in [1.54, 1.807) is 54.9 Å². The highest BCUT2D eigenvalue weighted by Crippen LogP contribution is 2.40. The number of hydrogen-bond acceptors (Lipinski definition) is 5. The van der Waals surface area contributed by atoms with Crippen molar-refractivity contribution in [3.63, 3.8) is 0 Å². The summed E-state index contributed by atoms with van der Waals surface area (Å²) in [7, 11) is 0. The summed E-state index contributed by atoms with van der Waals surface area (Å²) in [4.78, 5) is 31.7. The van der Waals surface area contributed by atoms with Gasteiger partial charge in [-0.05, 0) is 54.4 Å². The van der Waals surface area contributed by atoms with Gasteiger partial charge in [0.25, 0.3) is 11.7 Å². The average Bonchev–Trinajstić information content (AvgIpc) is 3.08. The van der Waals surface area contributed by atoms with Crippen LogP contribution in [0.15, 0.2) is 91.3 Å². The number of aromatic nitrogens is 1. The number of aliphatic hydroxyl groups excluding tert-OH is 1. The first-order valence-corrected chi connectivity index (χ1v) is 10.6. The first-order chi connectivity index (χ1) is 16.0. The van der Waals surface area contributed by atoms with Crippen LogP contribution >= 0.6 is 0 Å². The molecule has 0 radical (unpaired) electrons. The summed E-state index contributed by atoms with van der Waals surface area (Å²) in [5, 5.41) is 11.2. The molecule has 0 bridgehead atoms. The SMILES string of the molecule is C=CCOc1ccc(/C(O)=C2/C(=O)C(=O)N(Cc3ccncc3)C2c2ccc(C)cc2)cc1. The molecule has 1 atom stereocenters. The molecule has 33 heavy (non-hydrogen) atoms. The molecule has 2 aromatic carbocycles. The molecule has 1 aromatic heterocycles. The number of benzene rings is 2. The van der Waals surface area contributed by atoms with E-state index in [2.05, 4.69) is 11.6 Å². The number of rotatable bonds is 7. The Morgan fingerprint density at radius 1 is 1.06 bits per heavy atom. The first kappa shape index (κ1) is 22.0. The van der Waals surface area contributed by atoms with E-state index in [4.69, 9.17) is 4.74 Å². The molecule has 166 valence electrons. The molecule has 0 aliphatic carbocycles. The third kappa shape index (κ3) is 4.55. The van der Waals surface area contributed by atoms with Crippen LogP contribution in [0.2, 0.25) is 0 Å². The molecule has 6 nitrogen and oxygen atoms in total. The molecule has 1 aliphatic rings. The van der Waals surface area contributed by atoms with Crippen molar-refractivity contribution in [2.45, 2.75) is 19.5 Å². The molecule has 3 aromatic rings. The predicted molar refractivity (Wildman–Crippen MR) is 125 cm³/mol. The molecule has 1 aliphatic heterocycles. The molecule has 0 spiro atoms. The number of carbonyl (C=O) groups is 2. The number of carbonyl (C=O) groups excluding carboxylic acids is 2. The van der Waals surface area contributed by atoms with Gasteiger partial charge < -0.3 is 14.7 Å². The molecule has 1 N–H and O–H groups in total. The van der Waals surface area contributed by atoms with Gasteiger partial charge in [0.1, 0.15) is 18.1 Å². The molecular weight excluding hydrogens is 416 g/mol. The van der Waals surface area contributed by atoms with Gasteiger partial charge in [-0.25, -0.2) is 0 Å². The van der Waals surface area contributed by atoms with Crippen LogP contribution in [0.5, 0.6) is 5.75 Å². The number of aryl methyl sites for hydroxylation is 1. The Bertz CT molecular complexity index is 1200. The highest BCUT2D eigenvalue weighted by Gasteiger charge is 2.46. The number of ketones is 1. The normalized spacial score (nSPS) is 17.2. The number of pyridine rings is 1. The Morgan fingerprint density at radius 2 is 1.73 bits per heavy atom. The van der Waals surface area contributed by atoms with Crippen molar-refractivity contribution in [2.24, 2.45) is 0 Å². The lowest BCUT2D eigenvalue weighted by atomic mass is 9.94. The fourth-order valence-electron chi connectivity index (χ4n) is 3.84. The number of nitrogens with zero attached hydrogens (tertiary/aromatic N) is 2. The Labute approximate surface area is 192 Å². The van der Waals surface area contributed by atoms with Gasteiger partial charge in [0.15, 0.2) is 0 Å². The Balaban J connectivity index is 1.78. The maximum atomic E-state index is 13.1. The van der Waals surface area contributed by atoms with Crippen LogP contribution in [0, 0.1) is 6.92 Å². The number of amides is 1. The zero-order valence-electron chi connectivity index (χ0n) is 18.3. The van der Waals surface area contributed by atoms with Gasteiger partial charge in [-0.15, -0.1) is 0 Å². The van der Waals surface area contributed by atoms with Gasteiger partial charge >= 0.3 is 0 Å². The number of Topliss-reactive ketones (excluding diaryl/α,β-unsaturated/α-hetero) is 1. The van der Waals surface area contributed by atoms with Gasteiger partial charge in [-0.3, -0.25) is 14.6 Å². The molecule has 1 saturated heterocycles. The summed E-state index contributed by atoms with van der Waals surface area (Å²) in [6.07, 6.45) is 4.92. The summed E-state index contributed by atoms with van der Waals surface area (Å²) < 4.78 is 5.49. The smallest absolute Gasteiger partial charge is 0.295 e. The molecule has 2 heterocycles. The molecule has 4 rings (SSSR count). The van der Waals surface area contributed by atoms with Crippen LogP contribution < -0.4 is 4.74 Å². The van der Waals surface area contributed by atoms with Gasteiger partial charge in [-0.2, -0.15) is 0 Å². The van der Waals surface area contributed by atoms with Gasteiger partial charge in [-0.1, -0.05) is 42.5 Å².